The molecule has 1 atom stereocenters. The van der Waals surface area contributed by atoms with Crippen LogP contribution in [0.3, 0.4) is 0 Å². The molecule has 0 aliphatic carbocycles. The fraction of sp³-hybridized carbons (Fsp3) is 0.250. The van der Waals surface area contributed by atoms with E-state index < -0.39 is 11.6 Å². The molecule has 1 unspecified atom stereocenters. The molecule has 2 rings (SSSR count). The topological polar surface area (TPSA) is 12.0 Å². The van der Waals surface area contributed by atoms with E-state index >= 15 is 0 Å². The van der Waals surface area contributed by atoms with Gasteiger partial charge >= 0.3 is 0 Å². The van der Waals surface area contributed by atoms with E-state index in [1.165, 1.54) is 23.9 Å². The Balaban J connectivity index is 1.97. The normalized spacial score (nSPS) is 12.4. The summed E-state index contributed by atoms with van der Waals surface area (Å²) < 4.78 is 39.6. The van der Waals surface area contributed by atoms with Gasteiger partial charge in [-0.2, -0.15) is 0 Å². The molecule has 1 nitrogen and oxygen atoms in total. The zero-order chi connectivity index (χ0) is 15.2. The van der Waals surface area contributed by atoms with E-state index in [0.29, 0.717) is 22.6 Å². The highest BCUT2D eigenvalue weighted by Gasteiger charge is 2.11. The van der Waals surface area contributed by atoms with Crippen molar-refractivity contribution in [2.24, 2.45) is 0 Å². The number of rotatable bonds is 6. The molecular formula is C16H16F3NS. The van der Waals surface area contributed by atoms with Crippen LogP contribution in [0.4, 0.5) is 13.2 Å². The molecule has 0 aliphatic heterocycles. The summed E-state index contributed by atoms with van der Waals surface area (Å²) >= 11 is 1.40. The third-order valence-electron chi connectivity index (χ3n) is 3.15. The Labute approximate surface area is 126 Å². The lowest BCUT2D eigenvalue weighted by atomic mass is 10.1. The molecule has 21 heavy (non-hydrogen) atoms. The fourth-order valence-electron chi connectivity index (χ4n) is 1.95. The SMILES string of the molecule is CNC(CSc1ccccc1F)Cc1ccc(F)c(F)c1. The number of nitrogens with one attached hydrogen (secondary N) is 1. The van der Waals surface area contributed by atoms with E-state index in [9.17, 15) is 13.2 Å². The maximum atomic E-state index is 13.5. The molecule has 0 fully saturated rings. The van der Waals surface area contributed by atoms with E-state index in [1.54, 1.807) is 31.3 Å². The molecule has 0 spiro atoms. The predicted octanol–water partition coefficient (Wildman–Crippen LogP) is 4.03. The largest absolute Gasteiger partial charge is 0.316 e. The van der Waals surface area contributed by atoms with Crippen LogP contribution in [0.1, 0.15) is 5.56 Å². The molecule has 0 aromatic heterocycles. The lowest BCUT2D eigenvalue weighted by Crippen LogP contribution is -2.30. The molecule has 0 amide bonds. The zero-order valence-corrected chi connectivity index (χ0v) is 12.4. The van der Waals surface area contributed by atoms with Gasteiger partial charge in [0, 0.05) is 16.7 Å². The first-order chi connectivity index (χ1) is 10.1. The molecule has 0 aliphatic rings. The monoisotopic (exact) mass is 311 g/mol. The van der Waals surface area contributed by atoms with E-state index in [0.717, 1.165) is 6.07 Å². The van der Waals surface area contributed by atoms with Crippen molar-refractivity contribution in [3.63, 3.8) is 0 Å². The molecule has 2 aromatic rings. The van der Waals surface area contributed by atoms with Gasteiger partial charge in [0.2, 0.25) is 0 Å². The van der Waals surface area contributed by atoms with Crippen molar-refractivity contribution in [1.82, 2.24) is 5.32 Å². The number of halogens is 3. The van der Waals surface area contributed by atoms with Crippen LogP contribution in [0.5, 0.6) is 0 Å². The third-order valence-corrected chi connectivity index (χ3v) is 4.36. The first-order valence-electron chi connectivity index (χ1n) is 6.58. The van der Waals surface area contributed by atoms with Crippen LogP contribution in [-0.4, -0.2) is 18.8 Å². The van der Waals surface area contributed by atoms with Crippen LogP contribution in [-0.2, 0) is 6.42 Å². The maximum Gasteiger partial charge on any atom is 0.159 e. The summed E-state index contributed by atoms with van der Waals surface area (Å²) in [7, 11) is 1.80. The number of hydrogen-bond acceptors (Lipinski definition) is 2. The molecule has 5 heteroatoms. The molecule has 0 radical (unpaired) electrons. The van der Waals surface area contributed by atoms with E-state index in [4.69, 9.17) is 0 Å². The van der Waals surface area contributed by atoms with Gasteiger partial charge in [-0.15, -0.1) is 11.8 Å². The van der Waals surface area contributed by atoms with Gasteiger partial charge < -0.3 is 5.32 Å². The standard InChI is InChI=1S/C16H16F3NS/c1-20-12(8-11-6-7-13(17)15(19)9-11)10-21-16-5-3-2-4-14(16)18/h2-7,9,12,20H,8,10H2,1H3. The Hall–Kier alpha value is -1.46. The van der Waals surface area contributed by atoms with Crippen molar-refractivity contribution in [3.05, 3.63) is 65.5 Å². The minimum absolute atomic E-state index is 0.0412. The first kappa shape index (κ1) is 15.9. The van der Waals surface area contributed by atoms with Crippen LogP contribution in [0, 0.1) is 17.5 Å². The molecule has 0 saturated carbocycles. The summed E-state index contributed by atoms with van der Waals surface area (Å²) in [6, 6.07) is 10.5. The van der Waals surface area contributed by atoms with Gasteiger partial charge in [0.05, 0.1) is 0 Å². The average molecular weight is 311 g/mol. The predicted molar refractivity (Wildman–Crippen MR) is 80.0 cm³/mol. The average Bonchev–Trinajstić information content (AvgIpc) is 2.48. The molecule has 0 saturated heterocycles. The smallest absolute Gasteiger partial charge is 0.159 e. The highest BCUT2D eigenvalue weighted by atomic mass is 32.2. The van der Waals surface area contributed by atoms with Crippen LogP contribution < -0.4 is 5.32 Å². The maximum absolute atomic E-state index is 13.5. The van der Waals surface area contributed by atoms with Gasteiger partial charge in [-0.3, -0.25) is 0 Å². The van der Waals surface area contributed by atoms with Crippen molar-refractivity contribution < 1.29 is 13.2 Å². The molecule has 2 aromatic carbocycles. The quantitative estimate of drug-likeness (QED) is 0.809. The number of benzene rings is 2. The van der Waals surface area contributed by atoms with Crippen molar-refractivity contribution in [2.45, 2.75) is 17.4 Å². The van der Waals surface area contributed by atoms with Crippen molar-refractivity contribution in [3.8, 4) is 0 Å². The lowest BCUT2D eigenvalue weighted by Gasteiger charge is -2.16. The highest BCUT2D eigenvalue weighted by Crippen LogP contribution is 2.23. The van der Waals surface area contributed by atoms with Gasteiger partial charge in [-0.05, 0) is 43.3 Å². The second-order valence-corrected chi connectivity index (χ2v) is 5.74. The van der Waals surface area contributed by atoms with Crippen molar-refractivity contribution in [1.29, 1.82) is 0 Å². The summed E-state index contributed by atoms with van der Waals surface area (Å²) in [5, 5.41) is 3.11. The summed E-state index contributed by atoms with van der Waals surface area (Å²) in [5.74, 6) is -1.30. The molecular weight excluding hydrogens is 295 g/mol. The number of hydrogen-bond donors (Lipinski definition) is 1. The Bertz CT molecular complexity index is 604. The van der Waals surface area contributed by atoms with E-state index in [2.05, 4.69) is 5.32 Å². The second-order valence-electron chi connectivity index (χ2n) is 4.68. The van der Waals surface area contributed by atoms with Crippen LogP contribution in [0.25, 0.3) is 0 Å². The Morgan fingerprint density at radius 1 is 1.00 bits per heavy atom. The number of likely N-dealkylation sites (N-methyl/N-ethyl adjacent to an activating group) is 1. The fourth-order valence-corrected chi connectivity index (χ4v) is 2.99. The highest BCUT2D eigenvalue weighted by molar-refractivity contribution is 7.99. The Morgan fingerprint density at radius 3 is 2.43 bits per heavy atom. The first-order valence-corrected chi connectivity index (χ1v) is 7.57. The van der Waals surface area contributed by atoms with Gasteiger partial charge in [-0.25, -0.2) is 13.2 Å². The van der Waals surface area contributed by atoms with Gasteiger partial charge in [-0.1, -0.05) is 18.2 Å². The van der Waals surface area contributed by atoms with E-state index in [-0.39, 0.29) is 11.9 Å². The molecule has 1 N–H and O–H groups in total. The van der Waals surface area contributed by atoms with Gasteiger partial charge in [0.15, 0.2) is 11.6 Å². The number of thioether (sulfide) groups is 1. The summed E-state index contributed by atoms with van der Waals surface area (Å²) in [6.07, 6.45) is 0.551. The molecule has 112 valence electrons. The van der Waals surface area contributed by atoms with Gasteiger partial charge in [0.25, 0.3) is 0 Å². The molecule has 0 bridgehead atoms. The van der Waals surface area contributed by atoms with Crippen molar-refractivity contribution >= 4 is 11.8 Å². The van der Waals surface area contributed by atoms with Crippen LogP contribution in [0.15, 0.2) is 47.4 Å². The van der Waals surface area contributed by atoms with Crippen LogP contribution >= 0.6 is 11.8 Å². The summed E-state index contributed by atoms with van der Waals surface area (Å²) in [6.45, 7) is 0. The summed E-state index contributed by atoms with van der Waals surface area (Å²) in [5.41, 5.74) is 0.711. The minimum Gasteiger partial charge on any atom is -0.316 e. The Kier molecular flexibility index (Phi) is 5.70. The molecule has 0 heterocycles. The van der Waals surface area contributed by atoms with Crippen LogP contribution in [0.2, 0.25) is 0 Å². The summed E-state index contributed by atoms with van der Waals surface area (Å²) in [4.78, 5) is 0.586. The van der Waals surface area contributed by atoms with Crippen molar-refractivity contribution in [2.75, 3.05) is 12.8 Å². The lowest BCUT2D eigenvalue weighted by molar-refractivity contribution is 0.505. The Morgan fingerprint density at radius 2 is 1.76 bits per heavy atom. The van der Waals surface area contributed by atoms with E-state index in [1.807, 2.05) is 0 Å². The zero-order valence-electron chi connectivity index (χ0n) is 11.6. The second kappa shape index (κ2) is 7.52. The minimum atomic E-state index is -0.847. The third kappa shape index (κ3) is 4.51. The van der Waals surface area contributed by atoms with Gasteiger partial charge in [0.1, 0.15) is 5.82 Å².